The first-order chi connectivity index (χ1) is 16.1. The Kier molecular flexibility index (Phi) is 6.26. The smallest absolute Gasteiger partial charge is 0.236 e. The van der Waals surface area contributed by atoms with Gasteiger partial charge in [-0.25, -0.2) is 9.97 Å². The number of hydrogen-bond acceptors (Lipinski definition) is 7. The molecule has 2 fully saturated rings. The lowest BCUT2D eigenvalue weighted by Gasteiger charge is -2.36. The minimum absolute atomic E-state index is 0.0103. The molecule has 5 rings (SSSR count). The number of Topliss-reactive ketones (excluding diaryl/α,β-unsaturated/α-hetero) is 1. The maximum atomic E-state index is 12.8. The van der Waals surface area contributed by atoms with Crippen molar-refractivity contribution in [3.63, 3.8) is 0 Å². The second kappa shape index (κ2) is 9.47. The van der Waals surface area contributed by atoms with Gasteiger partial charge in [-0.15, -0.1) is 0 Å². The van der Waals surface area contributed by atoms with Crippen molar-refractivity contribution in [1.82, 2.24) is 14.9 Å². The van der Waals surface area contributed by atoms with Crippen molar-refractivity contribution in [2.45, 2.75) is 44.4 Å². The number of aryl methyl sites for hydroxylation is 1. The van der Waals surface area contributed by atoms with Crippen LogP contribution in [0.4, 0.5) is 17.3 Å². The van der Waals surface area contributed by atoms with Gasteiger partial charge in [-0.2, -0.15) is 0 Å². The zero-order chi connectivity index (χ0) is 22.8. The molecule has 33 heavy (non-hydrogen) atoms. The van der Waals surface area contributed by atoms with E-state index in [0.29, 0.717) is 37.2 Å². The number of nitrogens with two attached hydrogens (primary N) is 1. The molecule has 1 aromatic carbocycles. The van der Waals surface area contributed by atoms with E-state index in [9.17, 15) is 9.59 Å². The van der Waals surface area contributed by atoms with Crippen LogP contribution in [0.25, 0.3) is 0 Å². The summed E-state index contributed by atoms with van der Waals surface area (Å²) in [6, 6.07) is 8.20. The quantitative estimate of drug-likeness (QED) is 0.724. The molecule has 3 aliphatic rings. The number of rotatable bonds is 5. The standard InChI is InChI=1S/C25H32N6O2/c26-15-22(33)31-13-11-30(12-14-31)20-8-6-19(7-9-20)28-25-27-16-18-5-10-21(32)23(24(18)29-25)17-3-1-2-4-17/h6-9,16-17,23H,1-5,10-15,26H2,(H,27,28,29). The highest BCUT2D eigenvalue weighted by Crippen LogP contribution is 2.41. The highest BCUT2D eigenvalue weighted by atomic mass is 16.2. The largest absolute Gasteiger partial charge is 0.368 e. The zero-order valence-corrected chi connectivity index (χ0v) is 19.0. The van der Waals surface area contributed by atoms with E-state index < -0.39 is 0 Å². The number of anilines is 3. The lowest BCUT2D eigenvalue weighted by Crippen LogP contribution is -2.50. The third kappa shape index (κ3) is 4.57. The van der Waals surface area contributed by atoms with Gasteiger partial charge in [0.15, 0.2) is 0 Å². The molecule has 0 radical (unpaired) electrons. The van der Waals surface area contributed by atoms with Gasteiger partial charge in [0.1, 0.15) is 5.78 Å². The second-order valence-electron chi connectivity index (χ2n) is 9.34. The lowest BCUT2D eigenvalue weighted by molar-refractivity contribution is -0.130. The summed E-state index contributed by atoms with van der Waals surface area (Å²) >= 11 is 0. The number of hydrogen-bond donors (Lipinski definition) is 2. The summed E-state index contributed by atoms with van der Waals surface area (Å²) in [4.78, 5) is 38.0. The van der Waals surface area contributed by atoms with Crippen molar-refractivity contribution in [3.05, 3.63) is 41.7 Å². The summed E-state index contributed by atoms with van der Waals surface area (Å²) in [5.41, 5.74) is 9.58. The van der Waals surface area contributed by atoms with Crippen LogP contribution >= 0.6 is 0 Å². The van der Waals surface area contributed by atoms with E-state index in [4.69, 9.17) is 10.7 Å². The number of benzene rings is 1. The zero-order valence-electron chi connectivity index (χ0n) is 19.0. The molecule has 1 aliphatic heterocycles. The van der Waals surface area contributed by atoms with Crippen LogP contribution in [-0.4, -0.2) is 59.3 Å². The molecule has 1 saturated heterocycles. The molecule has 1 amide bonds. The molecule has 174 valence electrons. The molecule has 8 nitrogen and oxygen atoms in total. The predicted molar refractivity (Wildman–Crippen MR) is 128 cm³/mol. The summed E-state index contributed by atoms with van der Waals surface area (Å²) in [7, 11) is 0. The normalized spacial score (nSPS) is 21.2. The van der Waals surface area contributed by atoms with Gasteiger partial charge >= 0.3 is 0 Å². The Morgan fingerprint density at radius 3 is 2.48 bits per heavy atom. The van der Waals surface area contributed by atoms with Crippen molar-refractivity contribution in [2.75, 3.05) is 42.9 Å². The fourth-order valence-electron chi connectivity index (χ4n) is 5.51. The number of nitrogens with one attached hydrogen (secondary N) is 1. The number of amides is 1. The maximum Gasteiger partial charge on any atom is 0.236 e. The average Bonchev–Trinajstić information content (AvgIpc) is 3.38. The van der Waals surface area contributed by atoms with Crippen LogP contribution in [0.3, 0.4) is 0 Å². The van der Waals surface area contributed by atoms with Gasteiger partial charge in [0.05, 0.1) is 18.2 Å². The first kappa shape index (κ1) is 21.8. The van der Waals surface area contributed by atoms with Crippen LogP contribution in [0.15, 0.2) is 30.5 Å². The van der Waals surface area contributed by atoms with Gasteiger partial charge in [-0.1, -0.05) is 12.8 Å². The van der Waals surface area contributed by atoms with Crippen molar-refractivity contribution in [1.29, 1.82) is 0 Å². The van der Waals surface area contributed by atoms with Crippen LogP contribution in [0.5, 0.6) is 0 Å². The van der Waals surface area contributed by atoms with Gasteiger partial charge < -0.3 is 20.9 Å². The monoisotopic (exact) mass is 448 g/mol. The Balaban J connectivity index is 1.27. The first-order valence-electron chi connectivity index (χ1n) is 12.1. The van der Waals surface area contributed by atoms with Crippen molar-refractivity contribution >= 4 is 29.0 Å². The van der Waals surface area contributed by atoms with Crippen molar-refractivity contribution < 1.29 is 9.59 Å². The maximum absolute atomic E-state index is 12.8. The highest BCUT2D eigenvalue weighted by Gasteiger charge is 2.37. The average molecular weight is 449 g/mol. The Hall–Kier alpha value is -3.00. The highest BCUT2D eigenvalue weighted by molar-refractivity contribution is 5.88. The van der Waals surface area contributed by atoms with E-state index in [1.807, 2.05) is 23.2 Å². The number of aromatic nitrogens is 2. The topological polar surface area (TPSA) is 104 Å². The number of piperazine rings is 1. The summed E-state index contributed by atoms with van der Waals surface area (Å²) in [6.45, 7) is 3.05. The van der Waals surface area contributed by atoms with Crippen LogP contribution in [0.2, 0.25) is 0 Å². The molecule has 1 atom stereocenters. The minimum Gasteiger partial charge on any atom is -0.368 e. The van der Waals surface area contributed by atoms with Crippen molar-refractivity contribution in [3.8, 4) is 0 Å². The van der Waals surface area contributed by atoms with Gasteiger partial charge in [0, 0.05) is 50.2 Å². The molecule has 1 saturated carbocycles. The van der Waals surface area contributed by atoms with Crippen LogP contribution < -0.4 is 16.0 Å². The molecule has 1 unspecified atom stereocenters. The summed E-state index contributed by atoms with van der Waals surface area (Å²) in [5, 5.41) is 3.32. The SMILES string of the molecule is NCC(=O)N1CCN(c2ccc(Nc3ncc4c(n3)C(C3CCCC3)C(=O)CC4)cc2)CC1. The second-order valence-corrected chi connectivity index (χ2v) is 9.34. The van der Waals surface area contributed by atoms with Gasteiger partial charge in [-0.3, -0.25) is 9.59 Å². The van der Waals surface area contributed by atoms with E-state index in [1.54, 1.807) is 0 Å². The number of ketones is 1. The molecule has 2 heterocycles. The molecule has 2 aliphatic carbocycles. The van der Waals surface area contributed by atoms with Crippen LogP contribution in [0, 0.1) is 5.92 Å². The number of fused-ring (bicyclic) bond motifs is 1. The molecular weight excluding hydrogens is 416 g/mol. The van der Waals surface area contributed by atoms with Crippen molar-refractivity contribution in [2.24, 2.45) is 11.7 Å². The van der Waals surface area contributed by atoms with Gasteiger partial charge in [0.25, 0.3) is 0 Å². The van der Waals surface area contributed by atoms with Gasteiger partial charge in [0.2, 0.25) is 11.9 Å². The van der Waals surface area contributed by atoms with E-state index in [2.05, 4.69) is 27.3 Å². The first-order valence-corrected chi connectivity index (χ1v) is 12.1. The summed E-state index contributed by atoms with van der Waals surface area (Å²) in [6.07, 6.45) is 7.93. The molecule has 3 N–H and O–H groups in total. The lowest BCUT2D eigenvalue weighted by atomic mass is 9.77. The van der Waals surface area contributed by atoms with Crippen LogP contribution in [-0.2, 0) is 16.0 Å². The van der Waals surface area contributed by atoms with Crippen LogP contribution in [0.1, 0.15) is 49.3 Å². The fraction of sp³-hybridized carbons (Fsp3) is 0.520. The Bertz CT molecular complexity index is 1010. The minimum atomic E-state index is -0.0630. The molecule has 0 bridgehead atoms. The number of nitrogens with zero attached hydrogens (tertiary/aromatic N) is 4. The van der Waals surface area contributed by atoms with E-state index in [-0.39, 0.29) is 18.4 Å². The fourth-order valence-corrected chi connectivity index (χ4v) is 5.51. The Morgan fingerprint density at radius 1 is 1.06 bits per heavy atom. The third-order valence-corrected chi connectivity index (χ3v) is 7.35. The molecule has 1 aromatic heterocycles. The Morgan fingerprint density at radius 2 is 1.79 bits per heavy atom. The number of carbonyl (C=O) groups is 2. The summed E-state index contributed by atoms with van der Waals surface area (Å²) in [5.74, 6) is 1.27. The predicted octanol–water partition coefficient (Wildman–Crippen LogP) is 2.62. The molecule has 0 spiro atoms. The van der Waals surface area contributed by atoms with Gasteiger partial charge in [-0.05, 0) is 55.0 Å². The van der Waals surface area contributed by atoms with E-state index >= 15 is 0 Å². The number of carbonyl (C=O) groups excluding carboxylic acids is 2. The van der Waals surface area contributed by atoms with E-state index in [1.165, 1.54) is 12.8 Å². The third-order valence-electron chi connectivity index (χ3n) is 7.35. The van der Waals surface area contributed by atoms with E-state index in [0.717, 1.165) is 55.0 Å². The Labute approximate surface area is 194 Å². The molecule has 8 heteroatoms. The molecular formula is C25H32N6O2. The summed E-state index contributed by atoms with van der Waals surface area (Å²) < 4.78 is 0. The molecule has 2 aromatic rings.